The van der Waals surface area contributed by atoms with E-state index in [1.807, 2.05) is 18.2 Å². The van der Waals surface area contributed by atoms with Gasteiger partial charge < -0.3 is 14.2 Å². The summed E-state index contributed by atoms with van der Waals surface area (Å²) in [5.41, 5.74) is 1.02. The van der Waals surface area contributed by atoms with Crippen LogP contribution in [-0.4, -0.2) is 30.9 Å². The molecule has 1 aromatic carbocycles. The van der Waals surface area contributed by atoms with Crippen LogP contribution < -0.4 is 4.74 Å². The third-order valence-electron chi connectivity index (χ3n) is 3.18. The van der Waals surface area contributed by atoms with E-state index in [0.29, 0.717) is 6.61 Å². The standard InChI is InChI=1S/C15H23IO3/c1-15(2,18-4)8-9-19-14(11-16)12-6-5-7-13(10-12)17-3/h5-7,10,14H,8-9,11H2,1-4H3. The molecule has 3 nitrogen and oxygen atoms in total. The Morgan fingerprint density at radius 3 is 2.58 bits per heavy atom. The van der Waals surface area contributed by atoms with Gasteiger partial charge in [0.2, 0.25) is 0 Å². The van der Waals surface area contributed by atoms with E-state index in [4.69, 9.17) is 14.2 Å². The van der Waals surface area contributed by atoms with Crippen LogP contribution in [0.3, 0.4) is 0 Å². The Morgan fingerprint density at radius 1 is 1.26 bits per heavy atom. The van der Waals surface area contributed by atoms with Gasteiger partial charge in [0.05, 0.1) is 25.4 Å². The van der Waals surface area contributed by atoms with Crippen LogP contribution in [0.2, 0.25) is 0 Å². The monoisotopic (exact) mass is 378 g/mol. The van der Waals surface area contributed by atoms with Crippen LogP contribution in [0.25, 0.3) is 0 Å². The van der Waals surface area contributed by atoms with Crippen molar-refractivity contribution in [1.82, 2.24) is 0 Å². The van der Waals surface area contributed by atoms with Crippen molar-refractivity contribution in [2.45, 2.75) is 32.0 Å². The summed E-state index contributed by atoms with van der Waals surface area (Å²) < 4.78 is 17.5. The van der Waals surface area contributed by atoms with Gasteiger partial charge in [-0.25, -0.2) is 0 Å². The number of hydrogen-bond acceptors (Lipinski definition) is 3. The van der Waals surface area contributed by atoms with E-state index in [9.17, 15) is 0 Å². The van der Waals surface area contributed by atoms with E-state index in [0.717, 1.165) is 22.2 Å². The average Bonchev–Trinajstić information content (AvgIpc) is 2.43. The van der Waals surface area contributed by atoms with Crippen LogP contribution in [0.15, 0.2) is 24.3 Å². The second-order valence-corrected chi connectivity index (χ2v) is 5.88. The van der Waals surface area contributed by atoms with Gasteiger partial charge in [-0.2, -0.15) is 0 Å². The fourth-order valence-electron chi connectivity index (χ4n) is 1.62. The fourth-order valence-corrected chi connectivity index (χ4v) is 2.38. The smallest absolute Gasteiger partial charge is 0.119 e. The molecule has 0 aliphatic carbocycles. The maximum atomic E-state index is 5.97. The first kappa shape index (κ1) is 16.7. The molecule has 0 saturated heterocycles. The number of benzene rings is 1. The Bertz CT molecular complexity index is 379. The predicted molar refractivity (Wildman–Crippen MR) is 86.3 cm³/mol. The van der Waals surface area contributed by atoms with E-state index in [2.05, 4.69) is 42.5 Å². The van der Waals surface area contributed by atoms with Gasteiger partial charge >= 0.3 is 0 Å². The van der Waals surface area contributed by atoms with Crippen molar-refractivity contribution in [2.24, 2.45) is 0 Å². The Labute approximate surface area is 129 Å². The van der Waals surface area contributed by atoms with E-state index < -0.39 is 0 Å². The zero-order valence-corrected chi connectivity index (χ0v) is 14.3. The molecule has 0 aliphatic heterocycles. The number of hydrogen-bond donors (Lipinski definition) is 0. The number of ether oxygens (including phenoxy) is 3. The minimum Gasteiger partial charge on any atom is -0.497 e. The summed E-state index contributed by atoms with van der Waals surface area (Å²) in [7, 11) is 3.41. The van der Waals surface area contributed by atoms with Crippen LogP contribution in [0.1, 0.15) is 31.9 Å². The minimum atomic E-state index is -0.135. The lowest BCUT2D eigenvalue weighted by atomic mass is 10.1. The summed E-state index contributed by atoms with van der Waals surface area (Å²) in [6, 6.07) is 8.05. The lowest BCUT2D eigenvalue weighted by Crippen LogP contribution is -2.25. The Balaban J connectivity index is 2.58. The van der Waals surface area contributed by atoms with Crippen molar-refractivity contribution >= 4 is 22.6 Å². The molecule has 4 heteroatoms. The van der Waals surface area contributed by atoms with Gasteiger partial charge in [0.15, 0.2) is 0 Å². The largest absolute Gasteiger partial charge is 0.497 e. The minimum absolute atomic E-state index is 0.100. The van der Waals surface area contributed by atoms with Crippen LogP contribution in [0, 0.1) is 0 Å². The summed E-state index contributed by atoms with van der Waals surface area (Å²) >= 11 is 2.35. The average molecular weight is 378 g/mol. The summed E-state index contributed by atoms with van der Waals surface area (Å²) in [6.07, 6.45) is 0.976. The van der Waals surface area contributed by atoms with Gasteiger partial charge in [-0.05, 0) is 38.0 Å². The molecule has 0 radical (unpaired) electrons. The highest BCUT2D eigenvalue weighted by molar-refractivity contribution is 14.1. The molecule has 0 heterocycles. The molecule has 108 valence electrons. The molecular weight excluding hydrogens is 355 g/mol. The molecule has 0 spiro atoms. The third kappa shape index (κ3) is 5.67. The highest BCUT2D eigenvalue weighted by atomic mass is 127. The Hall–Kier alpha value is -0.330. The molecule has 1 aromatic rings. The summed E-state index contributed by atoms with van der Waals surface area (Å²) in [5, 5.41) is 0. The van der Waals surface area contributed by atoms with Gasteiger partial charge in [-0.15, -0.1) is 0 Å². The van der Waals surface area contributed by atoms with E-state index in [1.165, 1.54) is 0 Å². The van der Waals surface area contributed by atoms with Crippen LogP contribution in [0.4, 0.5) is 0 Å². The lowest BCUT2D eigenvalue weighted by Gasteiger charge is -2.24. The summed E-state index contributed by atoms with van der Waals surface area (Å²) in [6.45, 7) is 4.83. The maximum Gasteiger partial charge on any atom is 0.119 e. The predicted octanol–water partition coefficient (Wildman–Crippen LogP) is 4.00. The molecule has 1 atom stereocenters. The zero-order valence-electron chi connectivity index (χ0n) is 12.1. The fraction of sp³-hybridized carbons (Fsp3) is 0.600. The van der Waals surface area contributed by atoms with E-state index in [1.54, 1.807) is 14.2 Å². The second kappa shape index (κ2) is 8.07. The Morgan fingerprint density at radius 2 is 2.00 bits per heavy atom. The van der Waals surface area contributed by atoms with Crippen molar-refractivity contribution in [2.75, 3.05) is 25.3 Å². The highest BCUT2D eigenvalue weighted by Gasteiger charge is 2.18. The molecule has 0 N–H and O–H groups in total. The normalized spacial score (nSPS) is 13.3. The molecule has 0 saturated carbocycles. The molecule has 1 unspecified atom stereocenters. The van der Waals surface area contributed by atoms with Gasteiger partial charge in [0.1, 0.15) is 5.75 Å². The summed E-state index contributed by atoms with van der Waals surface area (Å²) in [4.78, 5) is 0. The first-order chi connectivity index (χ1) is 9.02. The van der Waals surface area contributed by atoms with Gasteiger partial charge in [-0.3, -0.25) is 0 Å². The van der Waals surface area contributed by atoms with Crippen molar-refractivity contribution in [3.05, 3.63) is 29.8 Å². The van der Waals surface area contributed by atoms with Crippen LogP contribution in [0.5, 0.6) is 5.75 Å². The van der Waals surface area contributed by atoms with Crippen molar-refractivity contribution in [3.8, 4) is 5.75 Å². The quantitative estimate of drug-likeness (QED) is 0.506. The molecule has 19 heavy (non-hydrogen) atoms. The first-order valence-electron chi connectivity index (χ1n) is 6.39. The van der Waals surface area contributed by atoms with Gasteiger partial charge in [0.25, 0.3) is 0 Å². The van der Waals surface area contributed by atoms with Gasteiger partial charge in [0, 0.05) is 11.5 Å². The SMILES string of the molecule is COc1cccc(C(CI)OCCC(C)(C)OC)c1. The lowest BCUT2D eigenvalue weighted by molar-refractivity contribution is -0.0225. The van der Waals surface area contributed by atoms with Crippen molar-refractivity contribution in [1.29, 1.82) is 0 Å². The molecule has 0 aliphatic rings. The molecule has 0 fully saturated rings. The molecule has 0 aromatic heterocycles. The van der Waals surface area contributed by atoms with Gasteiger partial charge in [-0.1, -0.05) is 34.7 Å². The van der Waals surface area contributed by atoms with Crippen molar-refractivity contribution in [3.63, 3.8) is 0 Å². The topological polar surface area (TPSA) is 27.7 Å². The van der Waals surface area contributed by atoms with Crippen LogP contribution in [-0.2, 0) is 9.47 Å². The molecule has 0 bridgehead atoms. The second-order valence-electron chi connectivity index (χ2n) is 5.00. The highest BCUT2D eigenvalue weighted by Crippen LogP contribution is 2.25. The Kier molecular flexibility index (Phi) is 7.10. The first-order valence-corrected chi connectivity index (χ1v) is 7.91. The van der Waals surface area contributed by atoms with Crippen LogP contribution >= 0.6 is 22.6 Å². The molecule has 0 amide bonds. The maximum absolute atomic E-state index is 5.97. The van der Waals surface area contributed by atoms with Crippen molar-refractivity contribution < 1.29 is 14.2 Å². The molecular formula is C15H23IO3. The zero-order chi connectivity index (χ0) is 14.3. The molecule has 1 rings (SSSR count). The van der Waals surface area contributed by atoms with E-state index >= 15 is 0 Å². The number of methoxy groups -OCH3 is 2. The number of alkyl halides is 1. The number of rotatable bonds is 8. The number of halogens is 1. The van der Waals surface area contributed by atoms with E-state index in [-0.39, 0.29) is 11.7 Å². The summed E-state index contributed by atoms with van der Waals surface area (Å²) in [5.74, 6) is 0.869. The third-order valence-corrected chi connectivity index (χ3v) is 3.98.